The highest BCUT2D eigenvalue weighted by molar-refractivity contribution is 9.12. The number of hydrogen-bond acceptors (Lipinski definition) is 9. The molecule has 4 rings (SSSR count). The molecule has 0 saturated heterocycles. The predicted octanol–water partition coefficient (Wildman–Crippen LogP) is 3.91. The molecule has 1 atom stereocenters. The molecule has 0 unspecified atom stereocenters. The van der Waals surface area contributed by atoms with Gasteiger partial charge in [-0.25, -0.2) is 9.97 Å². The van der Waals surface area contributed by atoms with Gasteiger partial charge in [0, 0.05) is 43.7 Å². The summed E-state index contributed by atoms with van der Waals surface area (Å²) < 4.78 is 6.36. The maximum atomic E-state index is 10.0. The second kappa shape index (κ2) is 12.0. The average molecular weight is 587 g/mol. The number of fused-ring (bicyclic) bond motifs is 1. The Balaban J connectivity index is 1.81. The third kappa shape index (κ3) is 5.93. The van der Waals surface area contributed by atoms with E-state index in [0.29, 0.717) is 57.7 Å². The number of pyridine rings is 1. The summed E-state index contributed by atoms with van der Waals surface area (Å²) in [6, 6.07) is 9.28. The van der Waals surface area contributed by atoms with Crippen molar-refractivity contribution in [2.45, 2.75) is 26.1 Å². The quantitative estimate of drug-likeness (QED) is 0.264. The molecule has 0 aliphatic carbocycles. The van der Waals surface area contributed by atoms with Crippen LogP contribution in [0.4, 0.5) is 5.82 Å². The number of benzene rings is 1. The normalized spacial score (nSPS) is 14.2. The molecule has 1 aliphatic heterocycles. The Morgan fingerprint density at radius 1 is 1.30 bits per heavy atom. The van der Waals surface area contributed by atoms with E-state index in [1.165, 1.54) is 6.21 Å². The van der Waals surface area contributed by atoms with Crippen LogP contribution in [0.15, 0.2) is 41.0 Å². The number of likely N-dealkylation sites (N-methyl/N-ethyl adjacent to an activating group) is 1. The minimum absolute atomic E-state index is 0.130. The maximum absolute atomic E-state index is 10.0. The molecule has 194 valence electrons. The van der Waals surface area contributed by atoms with Crippen LogP contribution in [0, 0.1) is 12.3 Å². The molecule has 9 nitrogen and oxygen atoms in total. The summed E-state index contributed by atoms with van der Waals surface area (Å²) in [5.41, 5.74) is 4.93. The lowest BCUT2D eigenvalue weighted by Crippen LogP contribution is -2.29. The summed E-state index contributed by atoms with van der Waals surface area (Å²) in [7, 11) is 3.56. The van der Waals surface area contributed by atoms with Gasteiger partial charge in [0.1, 0.15) is 24.3 Å². The van der Waals surface area contributed by atoms with E-state index in [2.05, 4.69) is 42.5 Å². The first-order valence-corrected chi connectivity index (χ1v) is 12.9. The van der Waals surface area contributed by atoms with Crippen LogP contribution in [-0.4, -0.2) is 59.6 Å². The lowest BCUT2D eigenvalue weighted by molar-refractivity contribution is 0.108. The topological polar surface area (TPSA) is 119 Å². The maximum Gasteiger partial charge on any atom is 0.163 e. The Kier molecular flexibility index (Phi) is 8.75. The van der Waals surface area contributed by atoms with Crippen LogP contribution in [0.25, 0.3) is 17.1 Å². The Labute approximate surface area is 229 Å². The zero-order valence-corrected chi connectivity index (χ0v) is 23.2. The first kappa shape index (κ1) is 27.0. The molecule has 0 radical (unpaired) electrons. The number of halogens is 2. The van der Waals surface area contributed by atoms with Crippen LogP contribution in [0.2, 0.25) is 5.02 Å². The zero-order valence-electron chi connectivity index (χ0n) is 20.8. The summed E-state index contributed by atoms with van der Waals surface area (Å²) in [6.07, 6.45) is 2.37. The first-order chi connectivity index (χ1) is 17.9. The molecule has 11 heteroatoms. The van der Waals surface area contributed by atoms with Gasteiger partial charge in [-0.3, -0.25) is 4.98 Å². The molecule has 3 aromatic rings. The van der Waals surface area contributed by atoms with Gasteiger partial charge in [0.15, 0.2) is 5.82 Å². The fourth-order valence-electron chi connectivity index (χ4n) is 4.20. The number of ether oxygens (including phenoxy) is 1. The van der Waals surface area contributed by atoms with Gasteiger partial charge >= 0.3 is 0 Å². The number of allylic oxidation sites excluding steroid dienone is 1. The van der Waals surface area contributed by atoms with Gasteiger partial charge in [0.05, 0.1) is 33.1 Å². The van der Waals surface area contributed by atoms with Gasteiger partial charge < -0.3 is 30.8 Å². The molecule has 0 fully saturated rings. The molecular weight excluding hydrogens is 558 g/mol. The van der Waals surface area contributed by atoms with Crippen molar-refractivity contribution >= 4 is 45.3 Å². The van der Waals surface area contributed by atoms with Gasteiger partial charge in [0.2, 0.25) is 0 Å². The van der Waals surface area contributed by atoms with Gasteiger partial charge in [-0.05, 0) is 59.7 Å². The fourth-order valence-corrected chi connectivity index (χ4v) is 4.79. The van der Waals surface area contributed by atoms with E-state index in [-0.39, 0.29) is 6.61 Å². The van der Waals surface area contributed by atoms with Crippen LogP contribution in [0.5, 0.6) is 5.75 Å². The van der Waals surface area contributed by atoms with E-state index in [1.54, 1.807) is 38.5 Å². The number of rotatable bonds is 10. The van der Waals surface area contributed by atoms with Crippen molar-refractivity contribution in [3.63, 3.8) is 0 Å². The van der Waals surface area contributed by atoms with E-state index in [4.69, 9.17) is 31.7 Å². The highest BCUT2D eigenvalue weighted by atomic mass is 79.9. The van der Waals surface area contributed by atoms with Crippen LogP contribution >= 0.6 is 27.5 Å². The van der Waals surface area contributed by atoms with Crippen molar-refractivity contribution in [3.05, 3.63) is 68.5 Å². The number of aromatic nitrogens is 3. The van der Waals surface area contributed by atoms with Gasteiger partial charge in [-0.2, -0.15) is 0 Å². The van der Waals surface area contributed by atoms with Crippen molar-refractivity contribution in [2.24, 2.45) is 0 Å². The fraction of sp³-hybridized carbons (Fsp3) is 0.308. The number of nitrogens with one attached hydrogen (secondary N) is 3. The molecule has 1 aromatic carbocycles. The Morgan fingerprint density at radius 2 is 2.11 bits per heavy atom. The van der Waals surface area contributed by atoms with Gasteiger partial charge in [-0.15, -0.1) is 0 Å². The third-order valence-corrected chi connectivity index (χ3v) is 6.97. The summed E-state index contributed by atoms with van der Waals surface area (Å²) in [5, 5.41) is 24.4. The van der Waals surface area contributed by atoms with Crippen molar-refractivity contribution in [2.75, 3.05) is 32.1 Å². The van der Waals surface area contributed by atoms with Gasteiger partial charge in [0.25, 0.3) is 0 Å². The van der Waals surface area contributed by atoms with Crippen molar-refractivity contribution < 1.29 is 9.84 Å². The summed E-state index contributed by atoms with van der Waals surface area (Å²) >= 11 is 10.1. The predicted molar refractivity (Wildman–Crippen MR) is 150 cm³/mol. The molecule has 37 heavy (non-hydrogen) atoms. The van der Waals surface area contributed by atoms with E-state index in [1.807, 2.05) is 13.0 Å². The summed E-state index contributed by atoms with van der Waals surface area (Å²) in [6.45, 7) is 3.81. The standard InChI is InChI=1S/C26H29BrClN7O2/c1-15-23(24(31-3)20(27)10-29)33-25(34-26(15)35-12-16-5-4-8-32-22(16)13-35)19-9-18(6-7-21(19)28)37-14-17(36)11-30-2/h4-10,17,29-31,36H,11-14H2,1-3H3/b24-20+,29-10?/t17-/m1/s1. The van der Waals surface area contributed by atoms with E-state index < -0.39 is 6.10 Å². The Hall–Kier alpha value is -3.05. The third-order valence-electron chi connectivity index (χ3n) is 6.02. The molecule has 0 spiro atoms. The monoisotopic (exact) mass is 585 g/mol. The Bertz CT molecular complexity index is 1310. The molecule has 3 heterocycles. The van der Waals surface area contributed by atoms with E-state index >= 15 is 0 Å². The number of aliphatic hydroxyl groups excluding tert-OH is 1. The van der Waals surface area contributed by atoms with Crippen LogP contribution in [-0.2, 0) is 13.1 Å². The van der Waals surface area contributed by atoms with Crippen LogP contribution < -0.4 is 20.3 Å². The highest BCUT2D eigenvalue weighted by Crippen LogP contribution is 2.36. The molecule has 0 bridgehead atoms. The molecular formula is C26H29BrClN7O2. The number of hydrogen-bond donors (Lipinski definition) is 4. The highest BCUT2D eigenvalue weighted by Gasteiger charge is 2.26. The molecule has 1 aliphatic rings. The summed E-state index contributed by atoms with van der Waals surface area (Å²) in [5.74, 6) is 1.72. The minimum Gasteiger partial charge on any atom is -0.491 e. The first-order valence-electron chi connectivity index (χ1n) is 11.8. The van der Waals surface area contributed by atoms with Crippen molar-refractivity contribution in [3.8, 4) is 17.1 Å². The Morgan fingerprint density at radius 3 is 2.81 bits per heavy atom. The second-order valence-electron chi connectivity index (χ2n) is 8.59. The van der Waals surface area contributed by atoms with E-state index in [9.17, 15) is 5.11 Å². The molecule has 4 N–H and O–H groups in total. The average Bonchev–Trinajstić information content (AvgIpc) is 3.33. The lowest BCUT2D eigenvalue weighted by Gasteiger charge is -2.23. The molecule has 0 amide bonds. The van der Waals surface area contributed by atoms with Gasteiger partial charge in [-0.1, -0.05) is 17.7 Å². The number of anilines is 1. The van der Waals surface area contributed by atoms with Crippen molar-refractivity contribution in [1.29, 1.82) is 5.41 Å². The van der Waals surface area contributed by atoms with Crippen LogP contribution in [0.1, 0.15) is 22.5 Å². The lowest BCUT2D eigenvalue weighted by atomic mass is 10.1. The molecule has 0 saturated carbocycles. The molecule has 2 aromatic heterocycles. The number of aliphatic hydroxyl groups is 1. The summed E-state index contributed by atoms with van der Waals surface area (Å²) in [4.78, 5) is 16.5. The number of nitrogens with zero attached hydrogens (tertiary/aromatic N) is 4. The van der Waals surface area contributed by atoms with E-state index in [0.717, 1.165) is 22.6 Å². The second-order valence-corrected chi connectivity index (χ2v) is 9.85. The minimum atomic E-state index is -0.648. The largest absolute Gasteiger partial charge is 0.491 e. The SMILES string of the molecule is CNC[C@@H](O)COc1ccc(Cl)c(-c2nc(/C(NC)=C(\Br)C=N)c(C)c(N3Cc4cccnc4C3)n2)c1. The zero-order chi connectivity index (χ0) is 26.5. The van der Waals surface area contributed by atoms with Crippen LogP contribution in [0.3, 0.4) is 0 Å². The smallest absolute Gasteiger partial charge is 0.163 e. The van der Waals surface area contributed by atoms with Crippen molar-refractivity contribution in [1.82, 2.24) is 25.6 Å².